The number of ketones is 1. The number of morpholine rings is 1. The Labute approximate surface area is 258 Å². The van der Waals surface area contributed by atoms with Gasteiger partial charge in [-0.15, -0.1) is 0 Å². The lowest BCUT2D eigenvalue weighted by molar-refractivity contribution is -0.118. The zero-order valence-electron chi connectivity index (χ0n) is 26.6. The molecule has 0 aromatic heterocycles. The highest BCUT2D eigenvalue weighted by atomic mass is 16.5. The van der Waals surface area contributed by atoms with E-state index in [9.17, 15) is 9.59 Å². The molecule has 3 aromatic rings. The summed E-state index contributed by atoms with van der Waals surface area (Å²) >= 11 is 0. The van der Waals surface area contributed by atoms with Crippen LogP contribution in [0.15, 0.2) is 78.9 Å². The zero-order chi connectivity index (χ0) is 32.0. The molecule has 1 aliphatic heterocycles. The van der Waals surface area contributed by atoms with Crippen LogP contribution in [0.2, 0.25) is 0 Å². The summed E-state index contributed by atoms with van der Waals surface area (Å²) < 4.78 is 5.20. The van der Waals surface area contributed by atoms with Gasteiger partial charge in [-0.3, -0.25) is 14.5 Å². The highest BCUT2D eigenvalue weighted by molar-refractivity contribution is 6.03. The topological polar surface area (TPSA) is 108 Å². The van der Waals surface area contributed by atoms with Gasteiger partial charge in [-0.2, -0.15) is 5.26 Å². The van der Waals surface area contributed by atoms with Crippen LogP contribution in [0.3, 0.4) is 0 Å². The molecule has 1 heterocycles. The predicted molar refractivity (Wildman–Crippen MR) is 179 cm³/mol. The van der Waals surface area contributed by atoms with Crippen LogP contribution >= 0.6 is 0 Å². The van der Waals surface area contributed by atoms with E-state index in [1.54, 1.807) is 25.1 Å². The summed E-state index contributed by atoms with van der Waals surface area (Å²) in [6, 6.07) is 24.2. The predicted octanol–water partition coefficient (Wildman–Crippen LogP) is 7.23. The number of nitriles is 1. The standard InChI is InChI=1S/C19H20N2O2.C8H7N.C7H15NO.C2H6/c1-13(14(2)22)16-10-7-15(8-11-16)9-12-19(23)21-18-6-4-3-5-17(18)20;1-7-2-4-8(6-9)5-3-7;1-2-3-8-4-6-9-7-5-8;1-2/h3-13H,20H2,1-2H3,(H,21,23);2-5H,1H3;2-7H2,1H3;1-2H3/b12-9+;;;. The third kappa shape index (κ3) is 15.0. The molecule has 1 amide bonds. The first-order chi connectivity index (χ1) is 20.7. The van der Waals surface area contributed by atoms with Crippen molar-refractivity contribution >= 4 is 29.1 Å². The number of nitrogens with zero attached hydrogens (tertiary/aromatic N) is 2. The van der Waals surface area contributed by atoms with Crippen molar-refractivity contribution in [2.24, 2.45) is 0 Å². The maximum Gasteiger partial charge on any atom is 0.248 e. The SMILES string of the molecule is CC.CC(=O)C(C)c1ccc(/C=C/C(=O)Nc2ccccc2N)cc1.CCCN1CCOCC1.Cc1ccc(C#N)cc1. The van der Waals surface area contributed by atoms with Gasteiger partial charge in [-0.1, -0.05) is 81.8 Å². The number of anilines is 2. The number of aryl methyl sites for hydroxylation is 1. The molecule has 1 saturated heterocycles. The monoisotopic (exact) mass is 584 g/mol. The summed E-state index contributed by atoms with van der Waals surface area (Å²) in [5.41, 5.74) is 10.7. The second-order valence-electron chi connectivity index (χ2n) is 9.84. The molecule has 7 nitrogen and oxygen atoms in total. The fourth-order valence-electron chi connectivity index (χ4n) is 3.86. The van der Waals surface area contributed by atoms with Crippen molar-refractivity contribution in [3.8, 4) is 6.07 Å². The molecule has 3 aromatic carbocycles. The number of nitrogens with two attached hydrogens (primary N) is 1. The van der Waals surface area contributed by atoms with Gasteiger partial charge in [-0.25, -0.2) is 0 Å². The molecule has 43 heavy (non-hydrogen) atoms. The lowest BCUT2D eigenvalue weighted by Gasteiger charge is -2.25. The fourth-order valence-corrected chi connectivity index (χ4v) is 3.86. The van der Waals surface area contributed by atoms with Gasteiger partial charge in [0.25, 0.3) is 0 Å². The molecular weight excluding hydrogens is 536 g/mol. The van der Waals surface area contributed by atoms with E-state index in [4.69, 9.17) is 15.7 Å². The zero-order valence-corrected chi connectivity index (χ0v) is 26.6. The smallest absolute Gasteiger partial charge is 0.248 e. The molecule has 0 radical (unpaired) electrons. The van der Waals surface area contributed by atoms with E-state index in [0.717, 1.165) is 43.0 Å². The van der Waals surface area contributed by atoms with E-state index >= 15 is 0 Å². The van der Waals surface area contributed by atoms with Crippen LogP contribution in [0.1, 0.15) is 69.2 Å². The van der Waals surface area contributed by atoms with Gasteiger partial charge in [0.1, 0.15) is 5.78 Å². The van der Waals surface area contributed by atoms with E-state index in [-0.39, 0.29) is 17.6 Å². The molecule has 0 spiro atoms. The van der Waals surface area contributed by atoms with Gasteiger partial charge in [0, 0.05) is 25.1 Å². The highest BCUT2D eigenvalue weighted by Gasteiger charge is 2.10. The van der Waals surface area contributed by atoms with E-state index < -0.39 is 0 Å². The molecule has 230 valence electrons. The molecule has 1 atom stereocenters. The van der Waals surface area contributed by atoms with Crippen molar-refractivity contribution in [2.75, 3.05) is 43.9 Å². The minimum Gasteiger partial charge on any atom is -0.397 e. The summed E-state index contributed by atoms with van der Waals surface area (Å²) in [5.74, 6) is -0.227. The number of benzene rings is 3. The Morgan fingerprint density at radius 2 is 1.63 bits per heavy atom. The van der Waals surface area contributed by atoms with Gasteiger partial charge in [0.15, 0.2) is 0 Å². The van der Waals surface area contributed by atoms with Crippen LogP contribution in [-0.4, -0.2) is 49.4 Å². The number of Topliss-reactive ketones (excluding diaryl/α,β-unsaturated/α-hetero) is 1. The number of carbonyl (C=O) groups excluding carboxylic acids is 2. The van der Waals surface area contributed by atoms with Crippen LogP contribution in [-0.2, 0) is 14.3 Å². The van der Waals surface area contributed by atoms with E-state index in [2.05, 4.69) is 23.2 Å². The molecule has 0 bridgehead atoms. The molecule has 4 rings (SSSR count). The largest absolute Gasteiger partial charge is 0.397 e. The molecule has 7 heteroatoms. The third-order valence-electron chi connectivity index (χ3n) is 6.52. The number of nitrogen functional groups attached to an aromatic ring is 1. The molecule has 0 aliphatic carbocycles. The molecule has 0 saturated carbocycles. The fraction of sp³-hybridized carbons (Fsp3) is 0.361. The number of nitrogens with one attached hydrogen (secondary N) is 1. The van der Waals surface area contributed by atoms with Crippen molar-refractivity contribution in [3.05, 3.63) is 101 Å². The number of hydrogen-bond acceptors (Lipinski definition) is 6. The summed E-state index contributed by atoms with van der Waals surface area (Å²) in [6.07, 6.45) is 4.44. The van der Waals surface area contributed by atoms with Crippen LogP contribution in [0.5, 0.6) is 0 Å². The molecule has 3 N–H and O–H groups in total. The first-order valence-electron chi connectivity index (χ1n) is 14.9. The molecule has 1 aliphatic rings. The van der Waals surface area contributed by atoms with E-state index in [1.807, 2.05) is 88.4 Å². The Bertz CT molecular complexity index is 1290. The van der Waals surface area contributed by atoms with Gasteiger partial charge < -0.3 is 15.8 Å². The number of hydrogen-bond donors (Lipinski definition) is 2. The van der Waals surface area contributed by atoms with Crippen molar-refractivity contribution in [2.45, 2.75) is 53.9 Å². The Morgan fingerprint density at radius 3 is 2.16 bits per heavy atom. The van der Waals surface area contributed by atoms with E-state index in [0.29, 0.717) is 11.4 Å². The van der Waals surface area contributed by atoms with Crippen molar-refractivity contribution in [1.82, 2.24) is 4.90 Å². The van der Waals surface area contributed by atoms with Crippen molar-refractivity contribution < 1.29 is 14.3 Å². The average Bonchev–Trinajstić information content (AvgIpc) is 3.04. The highest BCUT2D eigenvalue weighted by Crippen LogP contribution is 2.18. The Morgan fingerprint density at radius 1 is 1.02 bits per heavy atom. The van der Waals surface area contributed by atoms with Gasteiger partial charge in [-0.05, 0) is 68.3 Å². The first-order valence-corrected chi connectivity index (χ1v) is 14.9. The van der Waals surface area contributed by atoms with Gasteiger partial charge >= 0.3 is 0 Å². The third-order valence-corrected chi connectivity index (χ3v) is 6.52. The average molecular weight is 585 g/mol. The number of carbonyl (C=O) groups is 2. The van der Waals surface area contributed by atoms with E-state index in [1.165, 1.54) is 24.6 Å². The number of rotatable bonds is 7. The number of para-hydroxylation sites is 2. The summed E-state index contributed by atoms with van der Waals surface area (Å²) in [5, 5.41) is 11.1. The maximum absolute atomic E-state index is 11.9. The normalized spacial score (nSPS) is 13.0. The summed E-state index contributed by atoms with van der Waals surface area (Å²) in [6.45, 7) is 17.0. The van der Waals surface area contributed by atoms with Gasteiger partial charge in [0.05, 0.1) is 36.2 Å². The van der Waals surface area contributed by atoms with Crippen LogP contribution in [0.25, 0.3) is 6.08 Å². The lowest BCUT2D eigenvalue weighted by Crippen LogP contribution is -2.36. The van der Waals surface area contributed by atoms with Crippen LogP contribution in [0.4, 0.5) is 11.4 Å². The van der Waals surface area contributed by atoms with Gasteiger partial charge in [0.2, 0.25) is 5.91 Å². The summed E-state index contributed by atoms with van der Waals surface area (Å²) in [7, 11) is 0. The van der Waals surface area contributed by atoms with Crippen LogP contribution in [0, 0.1) is 18.3 Å². The Hall–Kier alpha value is -4.25. The molecular formula is C36H48N4O3. The first kappa shape index (κ1) is 36.8. The van der Waals surface area contributed by atoms with Crippen molar-refractivity contribution in [3.63, 3.8) is 0 Å². The Kier molecular flexibility index (Phi) is 18.3. The quantitative estimate of drug-likeness (QED) is 0.224. The Balaban J connectivity index is 0.000000377. The second-order valence-corrected chi connectivity index (χ2v) is 9.84. The lowest BCUT2D eigenvalue weighted by atomic mass is 9.96. The minimum absolute atomic E-state index is 0.114. The second kappa shape index (κ2) is 21.5. The van der Waals surface area contributed by atoms with Crippen LogP contribution < -0.4 is 11.1 Å². The minimum atomic E-state index is -0.246. The molecule has 1 fully saturated rings. The number of amides is 1. The van der Waals surface area contributed by atoms with Crippen molar-refractivity contribution in [1.29, 1.82) is 5.26 Å². The summed E-state index contributed by atoms with van der Waals surface area (Å²) in [4.78, 5) is 25.7. The molecule has 1 unspecified atom stereocenters. The number of ether oxygens (including phenoxy) is 1. The maximum atomic E-state index is 11.9.